The highest BCUT2D eigenvalue weighted by atomic mass is 15.2. The highest BCUT2D eigenvalue weighted by molar-refractivity contribution is 6.06. The highest BCUT2D eigenvalue weighted by Gasteiger charge is 2.24. The lowest BCUT2D eigenvalue weighted by Gasteiger charge is -2.30. The van der Waals surface area contributed by atoms with Crippen LogP contribution in [0.15, 0.2) is 388 Å². The Labute approximate surface area is 550 Å². The predicted molar refractivity (Wildman–Crippen MR) is 400 cm³/mol. The minimum atomic E-state index is 1.06. The molecule has 442 valence electrons. The number of hydrogen-bond acceptors (Lipinski definition) is 2. The van der Waals surface area contributed by atoms with Gasteiger partial charge in [-0.25, -0.2) is 0 Å². The van der Waals surface area contributed by atoms with Crippen molar-refractivity contribution in [2.75, 3.05) is 9.80 Å². The van der Waals surface area contributed by atoms with Crippen LogP contribution in [0.4, 0.5) is 34.1 Å². The van der Waals surface area contributed by atoms with Crippen molar-refractivity contribution >= 4 is 55.7 Å². The van der Waals surface area contributed by atoms with Crippen LogP contribution < -0.4 is 9.80 Å². The van der Waals surface area contributed by atoms with Gasteiger partial charge in [-0.3, -0.25) is 0 Å². The molecule has 0 saturated heterocycles. The van der Waals surface area contributed by atoms with Gasteiger partial charge in [0, 0.05) is 33.8 Å². The van der Waals surface area contributed by atoms with Gasteiger partial charge in [-0.2, -0.15) is 0 Å². The Hall–Kier alpha value is -12.4. The topological polar surface area (TPSA) is 6.48 Å². The van der Waals surface area contributed by atoms with E-state index in [-0.39, 0.29) is 0 Å². The number of hydrogen-bond donors (Lipinski definition) is 0. The molecule has 0 aliphatic carbocycles. The lowest BCUT2D eigenvalue weighted by molar-refractivity contribution is 1.28. The maximum Gasteiger partial charge on any atom is 0.0540 e. The Bertz CT molecular complexity index is 5380. The molecule has 0 N–H and O–H groups in total. The molecule has 0 heterocycles. The van der Waals surface area contributed by atoms with Gasteiger partial charge < -0.3 is 9.80 Å². The van der Waals surface area contributed by atoms with Crippen molar-refractivity contribution in [3.63, 3.8) is 0 Å². The zero-order chi connectivity index (χ0) is 62.6. The van der Waals surface area contributed by atoms with E-state index in [4.69, 9.17) is 0 Å². The van der Waals surface area contributed by atoms with E-state index in [1.165, 1.54) is 71.6 Å². The van der Waals surface area contributed by atoms with Crippen LogP contribution in [0.3, 0.4) is 0 Å². The van der Waals surface area contributed by atoms with E-state index in [1.807, 2.05) is 0 Å². The fourth-order valence-electron chi connectivity index (χ4n) is 13.9. The average molecular weight is 1200 g/mol. The van der Waals surface area contributed by atoms with Gasteiger partial charge in [0.05, 0.1) is 17.1 Å². The van der Waals surface area contributed by atoms with E-state index in [1.54, 1.807) is 0 Å². The quantitative estimate of drug-likeness (QED) is 0.101. The molecule has 0 aliphatic rings. The minimum Gasteiger partial charge on any atom is -0.310 e. The van der Waals surface area contributed by atoms with E-state index in [0.717, 1.165) is 84.2 Å². The van der Waals surface area contributed by atoms with E-state index >= 15 is 0 Å². The van der Waals surface area contributed by atoms with Crippen LogP contribution in [0.2, 0.25) is 0 Å². The molecule has 0 atom stereocenters. The van der Waals surface area contributed by atoms with Crippen molar-refractivity contribution in [2.24, 2.45) is 0 Å². The third-order valence-corrected chi connectivity index (χ3v) is 18.3. The van der Waals surface area contributed by atoms with Gasteiger partial charge >= 0.3 is 0 Å². The molecule has 0 amide bonds. The second kappa shape index (κ2) is 25.5. The summed E-state index contributed by atoms with van der Waals surface area (Å²) in [4.78, 5) is 4.91. The first-order chi connectivity index (χ1) is 46.7. The summed E-state index contributed by atoms with van der Waals surface area (Å²) in [5.41, 5.74) is 27.4. The van der Waals surface area contributed by atoms with E-state index in [9.17, 15) is 0 Å². The summed E-state index contributed by atoms with van der Waals surface area (Å²) in [5, 5.41) is 4.84. The van der Waals surface area contributed by atoms with Gasteiger partial charge in [0.1, 0.15) is 0 Å². The van der Waals surface area contributed by atoms with E-state index in [0.29, 0.717) is 0 Å². The van der Waals surface area contributed by atoms with Gasteiger partial charge in [-0.15, -0.1) is 0 Å². The zero-order valence-electron chi connectivity index (χ0n) is 51.8. The van der Waals surface area contributed by atoms with E-state index < -0.39 is 0 Å². The Morgan fingerprint density at radius 3 is 0.957 bits per heavy atom. The number of fused-ring (bicyclic) bond motifs is 2. The van der Waals surface area contributed by atoms with Crippen molar-refractivity contribution in [2.45, 2.75) is 0 Å². The van der Waals surface area contributed by atoms with Crippen molar-refractivity contribution in [1.29, 1.82) is 0 Å². The molecule has 16 aromatic rings. The summed E-state index contributed by atoms with van der Waals surface area (Å²) in [5.74, 6) is 0. The molecule has 0 bridgehead atoms. The van der Waals surface area contributed by atoms with Crippen LogP contribution in [0.1, 0.15) is 0 Å². The number of anilines is 6. The molecule has 0 fully saturated rings. The maximum absolute atomic E-state index is 2.46. The molecule has 0 aromatic heterocycles. The van der Waals surface area contributed by atoms with Crippen molar-refractivity contribution in [3.05, 3.63) is 388 Å². The molecule has 0 saturated carbocycles. The summed E-state index contributed by atoms with van der Waals surface area (Å²) in [6.07, 6.45) is 0. The van der Waals surface area contributed by atoms with Crippen molar-refractivity contribution < 1.29 is 0 Å². The van der Waals surface area contributed by atoms with Gasteiger partial charge in [-0.05, 0) is 160 Å². The molecule has 94 heavy (non-hydrogen) atoms. The average Bonchev–Trinajstić information content (AvgIpc) is 0.797. The van der Waals surface area contributed by atoms with Gasteiger partial charge in [-0.1, -0.05) is 334 Å². The Kier molecular flexibility index (Phi) is 15.4. The van der Waals surface area contributed by atoms with Gasteiger partial charge in [0.25, 0.3) is 0 Å². The van der Waals surface area contributed by atoms with E-state index in [2.05, 4.69) is 398 Å². The lowest BCUT2D eigenvalue weighted by Crippen LogP contribution is -2.12. The maximum atomic E-state index is 2.46. The minimum absolute atomic E-state index is 1.06. The van der Waals surface area contributed by atoms with Crippen LogP contribution in [-0.4, -0.2) is 0 Å². The fourth-order valence-corrected chi connectivity index (χ4v) is 13.9. The fraction of sp³-hybridized carbons (Fsp3) is 0. The third-order valence-electron chi connectivity index (χ3n) is 18.3. The number of nitrogens with zero attached hydrogens (tertiary/aromatic N) is 2. The largest absolute Gasteiger partial charge is 0.310 e. The summed E-state index contributed by atoms with van der Waals surface area (Å²) >= 11 is 0. The van der Waals surface area contributed by atoms with Crippen LogP contribution in [0.25, 0.3) is 122 Å². The molecule has 16 rings (SSSR count). The molecule has 16 aromatic carbocycles. The van der Waals surface area contributed by atoms with Crippen LogP contribution >= 0.6 is 0 Å². The van der Waals surface area contributed by atoms with Crippen LogP contribution in [0.5, 0.6) is 0 Å². The number of rotatable bonds is 15. The summed E-state index contributed by atoms with van der Waals surface area (Å²) in [6.45, 7) is 0. The second-order valence-electron chi connectivity index (χ2n) is 23.9. The number of benzene rings is 16. The third kappa shape index (κ3) is 11.0. The molecule has 0 aliphatic heterocycles. The zero-order valence-corrected chi connectivity index (χ0v) is 51.8. The molecular weight excluding hydrogens is 1130 g/mol. The first-order valence-corrected chi connectivity index (χ1v) is 32.3. The van der Waals surface area contributed by atoms with Crippen molar-refractivity contribution in [3.8, 4) is 100 Å². The summed E-state index contributed by atoms with van der Waals surface area (Å²) < 4.78 is 0. The Morgan fingerprint density at radius 1 is 0.138 bits per heavy atom. The molecular formula is C92H64N2. The Balaban J connectivity index is 0.774. The van der Waals surface area contributed by atoms with Crippen LogP contribution in [-0.2, 0) is 0 Å². The van der Waals surface area contributed by atoms with Gasteiger partial charge in [0.2, 0.25) is 0 Å². The number of para-hydroxylation sites is 3. The molecule has 0 unspecified atom stereocenters. The predicted octanol–water partition coefficient (Wildman–Crippen LogP) is 25.9. The standard InChI is InChI=1S/C92H64N2/c1-4-28-66(29-5-1)78-43-12-14-46-86(78)88-48-17-20-56-91(88)93(75-40-23-37-72(63-75)81-50-25-35-68-34-10-11-42-77(68)81)74-39-22-36-71(62-74)65-58-60-70(61-59-65)80-51-26-54-85-82(52-27-53-84(80)85)73-38-24-41-76(64-73)94(90-55-19-16-45-83(90)69-32-8-3-9-33-69)92-57-21-18-49-89(92)87-47-15-13-44-79(87)67-30-6-2-7-31-67/h1-64H. The SMILES string of the molecule is c1ccc(-c2ccccc2-c2ccccc2N(c2cccc(-c3ccc(-c4cccc5c(-c6cccc(N(c7ccccc7-c7ccccc7)c7ccccc7-c7ccccc7-c7ccccc7)c6)cccc45)cc3)c2)c2cccc(-c3cccc4ccccc34)c2)cc1. The summed E-state index contributed by atoms with van der Waals surface area (Å²) in [6, 6.07) is 141. The highest BCUT2D eigenvalue weighted by Crippen LogP contribution is 2.49. The van der Waals surface area contributed by atoms with Crippen molar-refractivity contribution in [1.82, 2.24) is 0 Å². The summed E-state index contributed by atoms with van der Waals surface area (Å²) in [7, 11) is 0. The molecule has 2 nitrogen and oxygen atoms in total. The van der Waals surface area contributed by atoms with Crippen LogP contribution in [0, 0.1) is 0 Å². The normalized spacial score (nSPS) is 11.2. The molecule has 0 spiro atoms. The monoisotopic (exact) mass is 1200 g/mol. The molecule has 0 radical (unpaired) electrons. The first-order valence-electron chi connectivity index (χ1n) is 32.3. The van der Waals surface area contributed by atoms with Gasteiger partial charge in [0.15, 0.2) is 0 Å². The lowest BCUT2D eigenvalue weighted by atomic mass is 9.91. The Morgan fingerprint density at radius 2 is 0.426 bits per heavy atom. The second-order valence-corrected chi connectivity index (χ2v) is 23.9. The smallest absolute Gasteiger partial charge is 0.0540 e. The molecule has 2 heteroatoms. The first kappa shape index (κ1) is 56.8.